The Morgan fingerprint density at radius 1 is 1.52 bits per heavy atom. The summed E-state index contributed by atoms with van der Waals surface area (Å²) < 4.78 is 41.6. The molecule has 1 aliphatic heterocycles. The summed E-state index contributed by atoms with van der Waals surface area (Å²) in [6, 6.07) is 3.39. The fourth-order valence-corrected chi connectivity index (χ4v) is 2.70. The minimum atomic E-state index is -3.96. The highest BCUT2D eigenvalue weighted by Gasteiger charge is 2.25. The molecule has 0 aromatic heterocycles. The van der Waals surface area contributed by atoms with Crippen LogP contribution in [0.2, 0.25) is 0 Å². The van der Waals surface area contributed by atoms with Crippen LogP contribution >= 0.6 is 0 Å². The number of rotatable bonds is 4. The van der Waals surface area contributed by atoms with E-state index in [1.54, 1.807) is 4.90 Å². The molecule has 1 aromatic carbocycles. The first kappa shape index (κ1) is 15.7. The zero-order valence-corrected chi connectivity index (χ0v) is 11.8. The minimum absolute atomic E-state index is 0.173. The average molecular weight is 318 g/mol. The SMILES string of the molecule is NS(=O)(=O)c1ccc(N2CCOC(CC(=O)O)C2)c(F)c1. The Bertz CT molecular complexity index is 649. The Morgan fingerprint density at radius 2 is 2.24 bits per heavy atom. The summed E-state index contributed by atoms with van der Waals surface area (Å²) in [6.45, 7) is 0.883. The molecule has 0 radical (unpaired) electrons. The van der Waals surface area contributed by atoms with Crippen molar-refractivity contribution in [3.8, 4) is 0 Å². The van der Waals surface area contributed by atoms with Gasteiger partial charge in [-0.05, 0) is 18.2 Å². The Morgan fingerprint density at radius 3 is 2.81 bits per heavy atom. The number of nitrogens with two attached hydrogens (primary N) is 1. The van der Waals surface area contributed by atoms with Crippen LogP contribution in [0.3, 0.4) is 0 Å². The Labute approximate surface area is 121 Å². The number of hydrogen-bond acceptors (Lipinski definition) is 5. The lowest BCUT2D eigenvalue weighted by molar-refractivity contribution is -0.140. The van der Waals surface area contributed by atoms with Crippen LogP contribution in [0.5, 0.6) is 0 Å². The molecule has 3 N–H and O–H groups in total. The zero-order valence-electron chi connectivity index (χ0n) is 11.0. The van der Waals surface area contributed by atoms with Crippen molar-refractivity contribution in [3.05, 3.63) is 24.0 Å². The number of primary sulfonamides is 1. The summed E-state index contributed by atoms with van der Waals surface area (Å²) in [5, 5.41) is 13.7. The summed E-state index contributed by atoms with van der Waals surface area (Å²) in [5.41, 5.74) is 0.195. The molecule has 1 unspecified atom stereocenters. The van der Waals surface area contributed by atoms with E-state index in [1.807, 2.05) is 0 Å². The molecule has 1 atom stereocenters. The van der Waals surface area contributed by atoms with Crippen molar-refractivity contribution in [1.82, 2.24) is 0 Å². The molecular weight excluding hydrogens is 303 g/mol. The van der Waals surface area contributed by atoms with Gasteiger partial charge in [-0.15, -0.1) is 0 Å². The van der Waals surface area contributed by atoms with Crippen molar-refractivity contribution in [1.29, 1.82) is 0 Å². The van der Waals surface area contributed by atoms with Gasteiger partial charge in [0.25, 0.3) is 0 Å². The van der Waals surface area contributed by atoms with E-state index in [-0.39, 0.29) is 30.2 Å². The number of ether oxygens (including phenoxy) is 1. The summed E-state index contributed by atoms with van der Waals surface area (Å²) in [4.78, 5) is 12.0. The number of benzene rings is 1. The second-order valence-corrected chi connectivity index (χ2v) is 6.26. The second-order valence-electron chi connectivity index (χ2n) is 4.69. The second kappa shape index (κ2) is 5.96. The maximum atomic E-state index is 14.0. The van der Waals surface area contributed by atoms with E-state index in [1.165, 1.54) is 12.1 Å². The number of aliphatic carboxylic acids is 1. The van der Waals surface area contributed by atoms with Crippen LogP contribution in [0.1, 0.15) is 6.42 Å². The lowest BCUT2D eigenvalue weighted by Crippen LogP contribution is -2.43. The van der Waals surface area contributed by atoms with Crippen molar-refractivity contribution in [2.75, 3.05) is 24.6 Å². The highest BCUT2D eigenvalue weighted by Crippen LogP contribution is 2.24. The Balaban J connectivity index is 2.20. The molecule has 9 heteroatoms. The molecule has 0 bridgehead atoms. The highest BCUT2D eigenvalue weighted by molar-refractivity contribution is 7.89. The third-order valence-electron chi connectivity index (χ3n) is 3.13. The zero-order chi connectivity index (χ0) is 15.6. The van der Waals surface area contributed by atoms with E-state index in [0.29, 0.717) is 6.54 Å². The third-order valence-corrected chi connectivity index (χ3v) is 4.04. The molecule has 1 aromatic rings. The lowest BCUT2D eigenvalue weighted by Gasteiger charge is -2.34. The molecule has 0 amide bonds. The van der Waals surface area contributed by atoms with Gasteiger partial charge in [0.1, 0.15) is 5.82 Å². The third kappa shape index (κ3) is 3.90. The Kier molecular flexibility index (Phi) is 4.45. The van der Waals surface area contributed by atoms with E-state index < -0.39 is 27.9 Å². The number of morpholine rings is 1. The molecule has 21 heavy (non-hydrogen) atoms. The van der Waals surface area contributed by atoms with Crippen LogP contribution in [-0.4, -0.2) is 45.3 Å². The number of carboxylic acid groups (broad SMARTS) is 1. The summed E-state index contributed by atoms with van der Waals surface area (Å²) in [7, 11) is -3.96. The van der Waals surface area contributed by atoms with Crippen LogP contribution in [0, 0.1) is 5.82 Å². The van der Waals surface area contributed by atoms with Gasteiger partial charge in [0.2, 0.25) is 10.0 Å². The lowest BCUT2D eigenvalue weighted by atomic mass is 10.2. The normalized spacial score (nSPS) is 19.5. The largest absolute Gasteiger partial charge is 0.481 e. The monoisotopic (exact) mass is 318 g/mol. The molecule has 7 nitrogen and oxygen atoms in total. The van der Waals surface area contributed by atoms with Crippen LogP contribution in [-0.2, 0) is 19.6 Å². The molecular formula is C12H15FN2O5S. The topological polar surface area (TPSA) is 110 Å². The van der Waals surface area contributed by atoms with E-state index >= 15 is 0 Å². The summed E-state index contributed by atoms with van der Waals surface area (Å²) >= 11 is 0. The van der Waals surface area contributed by atoms with Gasteiger partial charge >= 0.3 is 5.97 Å². The molecule has 0 spiro atoms. The van der Waals surface area contributed by atoms with E-state index in [9.17, 15) is 17.6 Å². The van der Waals surface area contributed by atoms with Crippen molar-refractivity contribution in [2.45, 2.75) is 17.4 Å². The number of carboxylic acids is 1. The van der Waals surface area contributed by atoms with Crippen molar-refractivity contribution >= 4 is 21.7 Å². The maximum Gasteiger partial charge on any atom is 0.306 e. The van der Waals surface area contributed by atoms with Crippen molar-refractivity contribution < 1.29 is 27.4 Å². The van der Waals surface area contributed by atoms with E-state index in [2.05, 4.69) is 0 Å². The number of hydrogen-bond donors (Lipinski definition) is 2. The number of anilines is 1. The molecule has 1 aliphatic rings. The van der Waals surface area contributed by atoms with Gasteiger partial charge < -0.3 is 14.7 Å². The van der Waals surface area contributed by atoms with Crippen molar-refractivity contribution in [2.24, 2.45) is 5.14 Å². The first-order valence-electron chi connectivity index (χ1n) is 6.18. The molecule has 0 aliphatic carbocycles. The molecule has 1 saturated heterocycles. The van der Waals surface area contributed by atoms with Crippen molar-refractivity contribution in [3.63, 3.8) is 0 Å². The van der Waals surface area contributed by atoms with Gasteiger partial charge in [0.15, 0.2) is 0 Å². The van der Waals surface area contributed by atoms with E-state index in [0.717, 1.165) is 6.07 Å². The van der Waals surface area contributed by atoms with Gasteiger partial charge in [-0.3, -0.25) is 4.79 Å². The molecule has 2 rings (SSSR count). The van der Waals surface area contributed by atoms with Gasteiger partial charge in [-0.2, -0.15) is 0 Å². The molecule has 116 valence electrons. The predicted molar refractivity (Wildman–Crippen MR) is 72.0 cm³/mol. The average Bonchev–Trinajstić information content (AvgIpc) is 2.37. The molecule has 0 saturated carbocycles. The van der Waals surface area contributed by atoms with Crippen LogP contribution in [0.15, 0.2) is 23.1 Å². The maximum absolute atomic E-state index is 14.0. The number of carbonyl (C=O) groups is 1. The number of halogens is 1. The molecule has 1 heterocycles. The van der Waals surface area contributed by atoms with Crippen LogP contribution in [0.25, 0.3) is 0 Å². The minimum Gasteiger partial charge on any atom is -0.481 e. The number of nitrogens with zero attached hydrogens (tertiary/aromatic N) is 1. The standard InChI is InChI=1S/C12H15FN2O5S/c13-10-6-9(21(14,18)19)1-2-11(10)15-3-4-20-8(7-15)5-12(16)17/h1-2,6,8H,3-5,7H2,(H,16,17)(H2,14,18,19). The Hall–Kier alpha value is -1.71. The fraction of sp³-hybridized carbons (Fsp3) is 0.417. The smallest absolute Gasteiger partial charge is 0.306 e. The first-order valence-corrected chi connectivity index (χ1v) is 7.72. The predicted octanol–water partition coefficient (Wildman–Crippen LogP) is 0.153. The van der Waals surface area contributed by atoms with E-state index in [4.69, 9.17) is 15.0 Å². The highest BCUT2D eigenvalue weighted by atomic mass is 32.2. The van der Waals surface area contributed by atoms with Gasteiger partial charge in [-0.25, -0.2) is 17.9 Å². The fourth-order valence-electron chi connectivity index (χ4n) is 2.18. The van der Waals surface area contributed by atoms with Crippen LogP contribution in [0.4, 0.5) is 10.1 Å². The van der Waals surface area contributed by atoms with Crippen LogP contribution < -0.4 is 10.0 Å². The number of sulfonamides is 1. The first-order chi connectivity index (χ1) is 9.77. The summed E-state index contributed by atoms with van der Waals surface area (Å²) in [6.07, 6.45) is -0.707. The van der Waals surface area contributed by atoms with Gasteiger partial charge in [0.05, 0.1) is 29.7 Å². The molecule has 1 fully saturated rings. The quantitative estimate of drug-likeness (QED) is 0.818. The van der Waals surface area contributed by atoms with Gasteiger partial charge in [0, 0.05) is 13.1 Å². The summed E-state index contributed by atoms with van der Waals surface area (Å²) in [5.74, 6) is -1.72. The van der Waals surface area contributed by atoms with Gasteiger partial charge in [-0.1, -0.05) is 0 Å².